The summed E-state index contributed by atoms with van der Waals surface area (Å²) in [5, 5.41) is 17.7. The quantitative estimate of drug-likeness (QED) is 0.413. The number of aliphatic hydroxyl groups is 1. The van der Waals surface area contributed by atoms with E-state index >= 15 is 0 Å². The molecule has 3 N–H and O–H groups in total. The van der Waals surface area contributed by atoms with Crippen molar-refractivity contribution >= 4 is 54.3 Å². The van der Waals surface area contributed by atoms with Gasteiger partial charge in [0.05, 0.1) is 16.3 Å². The summed E-state index contributed by atoms with van der Waals surface area (Å²) in [6.45, 7) is 3.28. The first kappa shape index (κ1) is 21.1. The summed E-state index contributed by atoms with van der Waals surface area (Å²) in [7, 11) is 0. The Hall–Kier alpha value is -1.74. The lowest BCUT2D eigenvalue weighted by Crippen LogP contribution is -2.28. The van der Waals surface area contributed by atoms with Gasteiger partial charge in [0.2, 0.25) is 0 Å². The Labute approximate surface area is 195 Å². The molecule has 0 bridgehead atoms. The van der Waals surface area contributed by atoms with Gasteiger partial charge < -0.3 is 15.7 Å². The molecule has 0 unspecified atom stereocenters. The first-order valence-corrected chi connectivity index (χ1v) is 12.7. The van der Waals surface area contributed by atoms with Gasteiger partial charge in [-0.1, -0.05) is 27.3 Å². The van der Waals surface area contributed by atoms with Crippen LogP contribution in [0.4, 0.5) is 16.8 Å². The summed E-state index contributed by atoms with van der Waals surface area (Å²) >= 11 is 5.17. The highest BCUT2D eigenvalue weighted by atomic mass is 79.9. The minimum absolute atomic E-state index is 0.149. The second-order valence-electron chi connectivity index (χ2n) is 8.63. The third kappa shape index (κ3) is 5.37. The van der Waals surface area contributed by atoms with Crippen LogP contribution in [0, 0.1) is 0 Å². The third-order valence-electron chi connectivity index (χ3n) is 6.12. The van der Waals surface area contributed by atoms with E-state index in [-0.39, 0.29) is 6.10 Å². The number of anilines is 3. The number of fused-ring (bicyclic) bond motifs is 1. The van der Waals surface area contributed by atoms with Crippen molar-refractivity contribution in [2.24, 2.45) is 0 Å². The third-order valence-corrected chi connectivity index (χ3v) is 7.55. The van der Waals surface area contributed by atoms with Crippen LogP contribution in [0.25, 0.3) is 10.2 Å². The summed E-state index contributed by atoms with van der Waals surface area (Å²) in [5.74, 6) is 1.73. The van der Waals surface area contributed by atoms with Gasteiger partial charge in [0.1, 0.15) is 11.6 Å². The minimum atomic E-state index is -0.149. The molecule has 2 aromatic heterocycles. The molecule has 6 nitrogen and oxygen atoms in total. The summed E-state index contributed by atoms with van der Waals surface area (Å²) in [5.41, 5.74) is 2.25. The van der Waals surface area contributed by atoms with E-state index in [4.69, 9.17) is 9.97 Å². The molecule has 1 aliphatic carbocycles. The lowest BCUT2D eigenvalue weighted by Gasteiger charge is -2.27. The van der Waals surface area contributed by atoms with Crippen molar-refractivity contribution in [3.05, 3.63) is 40.4 Å². The topological polar surface area (TPSA) is 73.3 Å². The van der Waals surface area contributed by atoms with Crippen LogP contribution in [0.5, 0.6) is 0 Å². The van der Waals surface area contributed by atoms with Crippen LogP contribution in [0.3, 0.4) is 0 Å². The van der Waals surface area contributed by atoms with Crippen LogP contribution < -0.4 is 10.6 Å². The summed E-state index contributed by atoms with van der Waals surface area (Å²) in [6, 6.07) is 10.8. The van der Waals surface area contributed by atoms with Crippen molar-refractivity contribution in [2.75, 3.05) is 23.7 Å². The zero-order valence-electron chi connectivity index (χ0n) is 17.5. The van der Waals surface area contributed by atoms with Crippen molar-refractivity contribution in [3.63, 3.8) is 0 Å². The van der Waals surface area contributed by atoms with Crippen molar-refractivity contribution in [1.82, 2.24) is 14.9 Å². The molecule has 8 heteroatoms. The Morgan fingerprint density at radius 1 is 1.03 bits per heavy atom. The smallest absolute Gasteiger partial charge is 0.189 e. The van der Waals surface area contributed by atoms with E-state index in [2.05, 4.69) is 49.7 Å². The second-order valence-corrected chi connectivity index (χ2v) is 10.6. The van der Waals surface area contributed by atoms with Crippen molar-refractivity contribution in [1.29, 1.82) is 0 Å². The number of aliphatic hydroxyl groups excluding tert-OH is 1. The summed E-state index contributed by atoms with van der Waals surface area (Å²) in [4.78, 5) is 12.1. The predicted octanol–water partition coefficient (Wildman–Crippen LogP) is 5.51. The van der Waals surface area contributed by atoms with E-state index in [1.807, 2.05) is 12.1 Å². The highest BCUT2D eigenvalue weighted by Crippen LogP contribution is 2.31. The number of hydrogen-bond acceptors (Lipinski definition) is 7. The van der Waals surface area contributed by atoms with Gasteiger partial charge in [-0.05, 0) is 87.5 Å². The van der Waals surface area contributed by atoms with Crippen molar-refractivity contribution < 1.29 is 5.11 Å². The average Bonchev–Trinajstić information content (AvgIpc) is 3.38. The largest absolute Gasteiger partial charge is 0.393 e. The molecule has 2 fully saturated rings. The fourth-order valence-electron chi connectivity index (χ4n) is 4.51. The molecular weight excluding hydrogens is 474 g/mol. The van der Waals surface area contributed by atoms with Gasteiger partial charge in [-0.3, -0.25) is 4.90 Å². The number of likely N-dealkylation sites (tertiary alicyclic amines) is 1. The number of nitrogens with one attached hydrogen (secondary N) is 2. The Morgan fingerprint density at radius 3 is 2.61 bits per heavy atom. The number of nitrogens with zero attached hydrogens (tertiary/aromatic N) is 3. The number of pyridine rings is 1. The maximum absolute atomic E-state index is 9.81. The lowest BCUT2D eigenvalue weighted by atomic mass is 9.93. The maximum Gasteiger partial charge on any atom is 0.189 e. The van der Waals surface area contributed by atoms with E-state index < -0.39 is 0 Å². The summed E-state index contributed by atoms with van der Waals surface area (Å²) in [6.07, 6.45) is 6.10. The Balaban J connectivity index is 1.38. The van der Waals surface area contributed by atoms with E-state index in [0.717, 1.165) is 63.7 Å². The normalized spacial score (nSPS) is 22.1. The first-order chi connectivity index (χ1) is 15.1. The molecule has 1 saturated carbocycles. The highest BCUT2D eigenvalue weighted by Gasteiger charge is 2.20. The number of thiazole rings is 1. The molecule has 0 atom stereocenters. The zero-order chi connectivity index (χ0) is 21.2. The van der Waals surface area contributed by atoms with Gasteiger partial charge >= 0.3 is 0 Å². The molecule has 0 spiro atoms. The van der Waals surface area contributed by atoms with Crippen LogP contribution in [0.15, 0.2) is 34.8 Å². The number of benzene rings is 1. The van der Waals surface area contributed by atoms with Gasteiger partial charge in [0.25, 0.3) is 0 Å². The number of aromatic nitrogens is 2. The maximum atomic E-state index is 9.81. The standard InChI is InChI=1S/C23H28BrN5OS/c24-16-3-8-19-20(13-16)31-23(26-19)28-22-12-15(14-29-9-1-2-10-29)11-21(27-22)25-17-4-6-18(30)7-5-17/h3,8,11-13,17-18,30H,1-2,4-7,9-10,14H2,(H2,25,26,27,28). The van der Waals surface area contributed by atoms with Crippen molar-refractivity contribution in [2.45, 2.75) is 57.2 Å². The molecule has 0 amide bonds. The van der Waals surface area contributed by atoms with Gasteiger partial charge in [0.15, 0.2) is 5.13 Å². The zero-order valence-corrected chi connectivity index (χ0v) is 19.9. The average molecular weight is 502 g/mol. The van der Waals surface area contributed by atoms with E-state index in [1.54, 1.807) is 11.3 Å². The fraction of sp³-hybridized carbons (Fsp3) is 0.478. The second kappa shape index (κ2) is 9.40. The monoisotopic (exact) mass is 501 g/mol. The number of halogens is 1. The SMILES string of the molecule is OC1CCC(Nc2cc(CN3CCCC3)cc(Nc3nc4ccc(Br)cc4s3)n2)CC1. The molecule has 3 aromatic rings. The molecule has 0 radical (unpaired) electrons. The van der Waals surface area contributed by atoms with E-state index in [9.17, 15) is 5.11 Å². The van der Waals surface area contributed by atoms with Crippen LogP contribution in [0.1, 0.15) is 44.1 Å². The molecule has 1 aromatic carbocycles. The van der Waals surface area contributed by atoms with Gasteiger partial charge in [-0.2, -0.15) is 0 Å². The molecule has 31 heavy (non-hydrogen) atoms. The first-order valence-electron chi connectivity index (χ1n) is 11.1. The van der Waals surface area contributed by atoms with Crippen LogP contribution >= 0.6 is 27.3 Å². The molecule has 1 aliphatic heterocycles. The highest BCUT2D eigenvalue weighted by molar-refractivity contribution is 9.10. The fourth-order valence-corrected chi connectivity index (χ4v) is 5.93. The molecule has 2 aliphatic rings. The molecule has 1 saturated heterocycles. The van der Waals surface area contributed by atoms with Crippen molar-refractivity contribution in [3.8, 4) is 0 Å². The lowest BCUT2D eigenvalue weighted by molar-refractivity contribution is 0.126. The van der Waals surface area contributed by atoms with Crippen LogP contribution in [0.2, 0.25) is 0 Å². The molecule has 3 heterocycles. The van der Waals surface area contributed by atoms with Gasteiger partial charge in [-0.25, -0.2) is 9.97 Å². The predicted molar refractivity (Wildman–Crippen MR) is 131 cm³/mol. The molecular formula is C23H28BrN5OS. The number of rotatable bonds is 6. The summed E-state index contributed by atoms with van der Waals surface area (Å²) < 4.78 is 2.20. The van der Waals surface area contributed by atoms with Crippen LogP contribution in [-0.4, -0.2) is 45.2 Å². The van der Waals surface area contributed by atoms with Crippen LogP contribution in [-0.2, 0) is 6.54 Å². The van der Waals surface area contributed by atoms with Gasteiger partial charge in [-0.15, -0.1) is 0 Å². The Morgan fingerprint density at radius 2 is 1.81 bits per heavy atom. The Kier molecular flexibility index (Phi) is 6.41. The van der Waals surface area contributed by atoms with Gasteiger partial charge in [0, 0.05) is 17.1 Å². The molecule has 164 valence electrons. The minimum Gasteiger partial charge on any atom is -0.393 e. The van der Waals surface area contributed by atoms with E-state index in [1.165, 1.54) is 31.5 Å². The van der Waals surface area contributed by atoms with E-state index in [0.29, 0.717) is 6.04 Å². The Bertz CT molecular complexity index is 1040. The molecule has 5 rings (SSSR count). The number of hydrogen-bond donors (Lipinski definition) is 3.